The molecule has 4 aromatic heterocycles. The quantitative estimate of drug-likeness (QED) is 0.207. The third-order valence-corrected chi connectivity index (χ3v) is 8.70. The van der Waals surface area contributed by atoms with E-state index in [1.54, 1.807) is 11.3 Å². The number of thiophene rings is 1. The summed E-state index contributed by atoms with van der Waals surface area (Å²) in [6.07, 6.45) is 5.62. The number of aromatic nitrogens is 5. The predicted molar refractivity (Wildman–Crippen MR) is 175 cm³/mol. The van der Waals surface area contributed by atoms with Crippen molar-refractivity contribution < 1.29 is 0 Å². The molecule has 0 aliphatic rings. The second-order valence-electron chi connectivity index (χ2n) is 10.2. The van der Waals surface area contributed by atoms with E-state index in [-0.39, 0.29) is 0 Å². The van der Waals surface area contributed by atoms with Gasteiger partial charge in [-0.3, -0.25) is 9.97 Å². The van der Waals surface area contributed by atoms with Gasteiger partial charge >= 0.3 is 0 Å². The molecular weight excluding hydrogens is 547 g/mol. The van der Waals surface area contributed by atoms with Crippen LogP contribution in [-0.4, -0.2) is 24.9 Å². The zero-order valence-electron chi connectivity index (χ0n) is 22.9. The van der Waals surface area contributed by atoms with Gasteiger partial charge in [-0.2, -0.15) is 0 Å². The van der Waals surface area contributed by atoms with Crippen LogP contribution in [-0.2, 0) is 0 Å². The number of benzene rings is 4. The Bertz CT molecular complexity index is 2170. The maximum atomic E-state index is 4.90. The molecule has 43 heavy (non-hydrogen) atoms. The Morgan fingerprint density at radius 1 is 0.465 bits per heavy atom. The SMILES string of the molecule is c1ccc(-c2nc(-c3ccccc3)nc(-c3cccc(-c4ccc(-c5ccnc6c5sc5ccncc56)cc4)c3)n2)cc1. The Kier molecular flexibility index (Phi) is 6.24. The molecule has 0 N–H and O–H groups in total. The molecule has 0 spiro atoms. The van der Waals surface area contributed by atoms with E-state index in [9.17, 15) is 0 Å². The van der Waals surface area contributed by atoms with Crippen LogP contribution >= 0.6 is 11.3 Å². The lowest BCUT2D eigenvalue weighted by Gasteiger charge is -2.10. The summed E-state index contributed by atoms with van der Waals surface area (Å²) in [7, 11) is 0. The Hall–Kier alpha value is -5.59. The molecule has 202 valence electrons. The molecule has 8 aromatic rings. The van der Waals surface area contributed by atoms with Gasteiger partial charge in [0.05, 0.1) is 10.2 Å². The second kappa shape index (κ2) is 10.7. The summed E-state index contributed by atoms with van der Waals surface area (Å²) < 4.78 is 2.38. The molecule has 0 aliphatic carbocycles. The predicted octanol–water partition coefficient (Wildman–Crippen LogP) is 9.36. The van der Waals surface area contributed by atoms with Crippen LogP contribution in [0, 0.1) is 0 Å². The molecule has 0 bridgehead atoms. The van der Waals surface area contributed by atoms with Gasteiger partial charge in [0.15, 0.2) is 17.5 Å². The summed E-state index contributed by atoms with van der Waals surface area (Å²) in [6.45, 7) is 0. The van der Waals surface area contributed by atoms with E-state index >= 15 is 0 Å². The van der Waals surface area contributed by atoms with Crippen molar-refractivity contribution in [2.75, 3.05) is 0 Å². The number of hydrogen-bond donors (Lipinski definition) is 0. The molecule has 0 atom stereocenters. The van der Waals surface area contributed by atoms with Gasteiger partial charge in [-0.15, -0.1) is 11.3 Å². The normalized spacial score (nSPS) is 11.3. The first-order chi connectivity index (χ1) is 21.3. The minimum Gasteiger partial charge on any atom is -0.264 e. The van der Waals surface area contributed by atoms with Crippen LogP contribution in [0.25, 0.3) is 76.7 Å². The Morgan fingerprint density at radius 2 is 1.07 bits per heavy atom. The summed E-state index contributed by atoms with van der Waals surface area (Å²) >= 11 is 1.76. The van der Waals surface area contributed by atoms with Gasteiger partial charge in [0.1, 0.15) is 0 Å². The third kappa shape index (κ3) is 4.74. The molecule has 0 aliphatic heterocycles. The molecule has 6 heteroatoms. The molecule has 5 nitrogen and oxygen atoms in total. The molecule has 0 saturated heterocycles. The van der Waals surface area contributed by atoms with Crippen LogP contribution in [0.15, 0.2) is 140 Å². The largest absolute Gasteiger partial charge is 0.264 e. The fourth-order valence-corrected chi connectivity index (χ4v) is 6.51. The van der Waals surface area contributed by atoms with Crippen LogP contribution in [0.1, 0.15) is 0 Å². The number of pyridine rings is 2. The maximum absolute atomic E-state index is 4.90. The van der Waals surface area contributed by atoms with Crippen molar-refractivity contribution >= 4 is 31.6 Å². The highest BCUT2D eigenvalue weighted by Crippen LogP contribution is 2.38. The number of nitrogens with zero attached hydrogens (tertiary/aromatic N) is 5. The average Bonchev–Trinajstić information content (AvgIpc) is 3.48. The Balaban J connectivity index is 1.18. The molecule has 0 radical (unpaired) electrons. The number of rotatable bonds is 5. The zero-order chi connectivity index (χ0) is 28.6. The number of hydrogen-bond acceptors (Lipinski definition) is 6. The van der Waals surface area contributed by atoms with Gasteiger partial charge in [0.25, 0.3) is 0 Å². The number of fused-ring (bicyclic) bond motifs is 3. The fourth-order valence-electron chi connectivity index (χ4n) is 5.35. The van der Waals surface area contributed by atoms with Crippen molar-refractivity contribution in [1.82, 2.24) is 24.9 Å². The first-order valence-corrected chi connectivity index (χ1v) is 14.8. The topological polar surface area (TPSA) is 64.5 Å². The van der Waals surface area contributed by atoms with Gasteiger partial charge in [-0.1, -0.05) is 103 Å². The third-order valence-electron chi connectivity index (χ3n) is 7.50. The summed E-state index contributed by atoms with van der Waals surface area (Å²) in [5.41, 5.74) is 8.41. The Labute approximate surface area is 252 Å². The first-order valence-electron chi connectivity index (χ1n) is 14.0. The van der Waals surface area contributed by atoms with Gasteiger partial charge in [0.2, 0.25) is 0 Å². The van der Waals surface area contributed by atoms with E-state index in [4.69, 9.17) is 15.0 Å². The summed E-state index contributed by atoms with van der Waals surface area (Å²) in [5, 5.41) is 1.10. The van der Waals surface area contributed by atoms with Crippen molar-refractivity contribution in [1.29, 1.82) is 0 Å². The van der Waals surface area contributed by atoms with E-state index in [1.807, 2.05) is 79.3 Å². The van der Waals surface area contributed by atoms with E-state index in [2.05, 4.69) is 70.6 Å². The molecule has 8 rings (SSSR count). The van der Waals surface area contributed by atoms with E-state index in [0.29, 0.717) is 17.5 Å². The zero-order valence-corrected chi connectivity index (χ0v) is 23.7. The lowest BCUT2D eigenvalue weighted by atomic mass is 9.99. The first kappa shape index (κ1) is 25.1. The lowest BCUT2D eigenvalue weighted by Crippen LogP contribution is -2.00. The van der Waals surface area contributed by atoms with Crippen molar-refractivity contribution in [2.45, 2.75) is 0 Å². The monoisotopic (exact) mass is 569 g/mol. The van der Waals surface area contributed by atoms with Crippen LogP contribution in [0.4, 0.5) is 0 Å². The maximum Gasteiger partial charge on any atom is 0.164 e. The lowest BCUT2D eigenvalue weighted by molar-refractivity contribution is 1.07. The molecule has 4 aromatic carbocycles. The minimum atomic E-state index is 0.643. The smallest absolute Gasteiger partial charge is 0.164 e. The molecule has 0 fully saturated rings. The molecule has 0 saturated carbocycles. The molecular formula is C37H23N5S. The summed E-state index contributed by atoms with van der Waals surface area (Å²) in [5.74, 6) is 1.95. The average molecular weight is 570 g/mol. The molecule has 0 unspecified atom stereocenters. The van der Waals surface area contributed by atoms with E-state index in [1.165, 1.54) is 15.0 Å². The van der Waals surface area contributed by atoms with Crippen molar-refractivity contribution in [3.63, 3.8) is 0 Å². The highest BCUT2D eigenvalue weighted by atomic mass is 32.1. The van der Waals surface area contributed by atoms with Crippen molar-refractivity contribution in [3.05, 3.63) is 140 Å². The van der Waals surface area contributed by atoms with Gasteiger partial charge in [-0.25, -0.2) is 15.0 Å². The van der Waals surface area contributed by atoms with Crippen LogP contribution in [0.5, 0.6) is 0 Å². The molecule has 4 heterocycles. The van der Waals surface area contributed by atoms with E-state index < -0.39 is 0 Å². The highest BCUT2D eigenvalue weighted by molar-refractivity contribution is 7.26. The van der Waals surface area contributed by atoms with Crippen molar-refractivity contribution in [2.24, 2.45) is 0 Å². The Morgan fingerprint density at radius 3 is 1.77 bits per heavy atom. The minimum absolute atomic E-state index is 0.643. The summed E-state index contributed by atoms with van der Waals surface area (Å²) in [4.78, 5) is 23.6. The summed E-state index contributed by atoms with van der Waals surface area (Å²) in [6, 6.07) is 41.4. The second-order valence-corrected chi connectivity index (χ2v) is 11.3. The van der Waals surface area contributed by atoms with Crippen LogP contribution < -0.4 is 0 Å². The highest BCUT2D eigenvalue weighted by Gasteiger charge is 2.14. The van der Waals surface area contributed by atoms with Gasteiger partial charge in [0, 0.05) is 50.9 Å². The van der Waals surface area contributed by atoms with Crippen LogP contribution in [0.3, 0.4) is 0 Å². The van der Waals surface area contributed by atoms with Crippen LogP contribution in [0.2, 0.25) is 0 Å². The fraction of sp³-hybridized carbons (Fsp3) is 0. The van der Waals surface area contributed by atoms with Gasteiger partial charge < -0.3 is 0 Å². The van der Waals surface area contributed by atoms with E-state index in [0.717, 1.165) is 44.3 Å². The standard InChI is InChI=1S/C37H23N5S/c1-3-8-26(9-4-1)35-40-36(27-10-5-2-6-11-27)42-37(41-35)29-13-7-12-28(22-29)24-14-16-25(17-15-24)30-18-21-39-33-31-23-38-20-19-32(31)43-34(30)33/h1-23H. The van der Waals surface area contributed by atoms with Gasteiger partial charge in [-0.05, 0) is 34.9 Å². The van der Waals surface area contributed by atoms with Crippen molar-refractivity contribution in [3.8, 4) is 56.4 Å². The molecule has 0 amide bonds.